The van der Waals surface area contributed by atoms with Crippen LogP contribution in [0.15, 0.2) is 0 Å². The van der Waals surface area contributed by atoms with Crippen LogP contribution in [0.25, 0.3) is 0 Å². The Hall–Kier alpha value is -1.63. The van der Waals surface area contributed by atoms with Crippen molar-refractivity contribution in [2.24, 2.45) is 0 Å². The number of hydrogen-bond donors (Lipinski definition) is 1. The second kappa shape index (κ2) is 6.69. The van der Waals surface area contributed by atoms with Gasteiger partial charge in [-0.25, -0.2) is 0 Å². The number of methoxy groups -OCH3 is 1. The first-order chi connectivity index (χ1) is 9.71. The van der Waals surface area contributed by atoms with Crippen molar-refractivity contribution in [2.45, 2.75) is 26.4 Å². The van der Waals surface area contributed by atoms with E-state index in [1.165, 1.54) is 0 Å². The van der Waals surface area contributed by atoms with Gasteiger partial charge in [0.15, 0.2) is 0 Å². The van der Waals surface area contributed by atoms with Gasteiger partial charge in [-0.15, -0.1) is 0 Å². The summed E-state index contributed by atoms with van der Waals surface area (Å²) in [5.41, 5.74) is 0. The third-order valence-electron chi connectivity index (χ3n) is 3.64. The minimum absolute atomic E-state index is 0.265. The lowest BCUT2D eigenvalue weighted by Crippen LogP contribution is -2.28. The van der Waals surface area contributed by atoms with Crippen LogP contribution in [-0.4, -0.2) is 61.4 Å². The molecule has 0 radical (unpaired) electrons. The van der Waals surface area contributed by atoms with Crippen LogP contribution in [0, 0.1) is 0 Å². The predicted molar refractivity (Wildman–Crippen MR) is 80.6 cm³/mol. The highest BCUT2D eigenvalue weighted by atomic mass is 16.5. The van der Waals surface area contributed by atoms with Crippen molar-refractivity contribution in [1.29, 1.82) is 0 Å². The molecule has 1 fully saturated rings. The second-order valence-electron chi connectivity index (χ2n) is 4.77. The van der Waals surface area contributed by atoms with E-state index in [1.807, 2.05) is 7.05 Å². The Morgan fingerprint density at radius 1 is 1.30 bits per heavy atom. The molecule has 0 spiro atoms. The second-order valence-corrected chi connectivity index (χ2v) is 4.77. The van der Waals surface area contributed by atoms with Crippen LogP contribution in [0.2, 0.25) is 0 Å². The summed E-state index contributed by atoms with van der Waals surface area (Å²) in [6.07, 6.45) is 1.28. The minimum atomic E-state index is 0.265. The Balaban J connectivity index is 2.26. The quantitative estimate of drug-likeness (QED) is 0.833. The van der Waals surface area contributed by atoms with Gasteiger partial charge in [0.1, 0.15) is 0 Å². The normalized spacial score (nSPS) is 18.4. The fraction of sp³-hybridized carbons (Fsp3) is 0.769. The average Bonchev–Trinajstić information content (AvgIpc) is 2.97. The zero-order chi connectivity index (χ0) is 14.5. The average molecular weight is 280 g/mol. The van der Waals surface area contributed by atoms with E-state index in [4.69, 9.17) is 4.74 Å². The van der Waals surface area contributed by atoms with Crippen LogP contribution in [0.5, 0.6) is 0 Å². The van der Waals surface area contributed by atoms with Crippen LogP contribution in [0.1, 0.15) is 20.3 Å². The van der Waals surface area contributed by atoms with Gasteiger partial charge < -0.3 is 19.9 Å². The highest BCUT2D eigenvalue weighted by Gasteiger charge is 2.25. The Kier molecular flexibility index (Phi) is 4.94. The van der Waals surface area contributed by atoms with Crippen LogP contribution in [0.3, 0.4) is 0 Å². The summed E-state index contributed by atoms with van der Waals surface area (Å²) >= 11 is 0. The molecule has 1 unspecified atom stereocenters. The molecule has 1 aromatic rings. The SMILES string of the molecule is CCN(CC)c1nc(NC)nc(N2CCC(OC)C2)n1. The van der Waals surface area contributed by atoms with Crippen LogP contribution >= 0.6 is 0 Å². The van der Waals surface area contributed by atoms with Crippen molar-refractivity contribution < 1.29 is 4.74 Å². The summed E-state index contributed by atoms with van der Waals surface area (Å²) < 4.78 is 5.40. The van der Waals surface area contributed by atoms with Crippen LogP contribution in [0.4, 0.5) is 17.8 Å². The monoisotopic (exact) mass is 280 g/mol. The Labute approximate surface area is 120 Å². The van der Waals surface area contributed by atoms with Crippen molar-refractivity contribution in [3.63, 3.8) is 0 Å². The molecule has 0 aliphatic carbocycles. The van der Waals surface area contributed by atoms with Gasteiger partial charge in [0, 0.05) is 40.3 Å². The third kappa shape index (κ3) is 3.09. The van der Waals surface area contributed by atoms with Crippen molar-refractivity contribution in [2.75, 3.05) is 55.5 Å². The maximum Gasteiger partial charge on any atom is 0.232 e. The molecule has 0 aromatic carbocycles. The van der Waals surface area contributed by atoms with E-state index in [9.17, 15) is 0 Å². The molecule has 1 aliphatic heterocycles. The standard InChI is InChI=1S/C13H24N6O/c1-5-18(6-2)12-15-11(14-3)16-13(17-12)19-8-7-10(9-19)20-4/h10H,5-9H2,1-4H3,(H,14,15,16,17). The smallest absolute Gasteiger partial charge is 0.232 e. The Bertz CT molecular complexity index is 437. The molecule has 0 saturated carbocycles. The van der Waals surface area contributed by atoms with E-state index in [0.29, 0.717) is 5.95 Å². The maximum atomic E-state index is 5.40. The molecular formula is C13H24N6O. The van der Waals surface area contributed by atoms with E-state index < -0.39 is 0 Å². The molecule has 0 bridgehead atoms. The van der Waals surface area contributed by atoms with E-state index in [1.54, 1.807) is 7.11 Å². The van der Waals surface area contributed by atoms with Crippen LogP contribution < -0.4 is 15.1 Å². The van der Waals surface area contributed by atoms with Gasteiger partial charge >= 0.3 is 0 Å². The Morgan fingerprint density at radius 2 is 2.05 bits per heavy atom. The predicted octanol–water partition coefficient (Wildman–Crippen LogP) is 0.985. The summed E-state index contributed by atoms with van der Waals surface area (Å²) in [6.45, 7) is 7.71. The van der Waals surface area contributed by atoms with Crippen molar-refractivity contribution in [1.82, 2.24) is 15.0 Å². The molecule has 1 N–H and O–H groups in total. The number of aromatic nitrogens is 3. The molecule has 2 rings (SSSR count). The molecule has 2 heterocycles. The number of nitrogens with one attached hydrogen (secondary N) is 1. The number of hydrogen-bond acceptors (Lipinski definition) is 7. The van der Waals surface area contributed by atoms with Gasteiger partial charge in [-0.05, 0) is 20.3 Å². The summed E-state index contributed by atoms with van der Waals surface area (Å²) in [6, 6.07) is 0. The van der Waals surface area contributed by atoms with Crippen LogP contribution in [-0.2, 0) is 4.74 Å². The number of ether oxygens (including phenoxy) is 1. The lowest BCUT2D eigenvalue weighted by Gasteiger charge is -2.22. The van der Waals surface area contributed by atoms with Gasteiger partial charge in [-0.3, -0.25) is 0 Å². The molecule has 1 atom stereocenters. The summed E-state index contributed by atoms with van der Waals surface area (Å²) in [7, 11) is 3.58. The summed E-state index contributed by atoms with van der Waals surface area (Å²) in [4.78, 5) is 17.8. The largest absolute Gasteiger partial charge is 0.380 e. The lowest BCUT2D eigenvalue weighted by molar-refractivity contribution is 0.121. The van der Waals surface area contributed by atoms with E-state index in [-0.39, 0.29) is 6.10 Å². The minimum Gasteiger partial charge on any atom is -0.380 e. The van der Waals surface area contributed by atoms with Gasteiger partial charge in [-0.1, -0.05) is 0 Å². The molecule has 112 valence electrons. The molecular weight excluding hydrogens is 256 g/mol. The van der Waals surface area contributed by atoms with Crippen molar-refractivity contribution in [3.05, 3.63) is 0 Å². The van der Waals surface area contributed by atoms with Crippen molar-refractivity contribution in [3.8, 4) is 0 Å². The molecule has 7 nitrogen and oxygen atoms in total. The van der Waals surface area contributed by atoms with Gasteiger partial charge in [-0.2, -0.15) is 15.0 Å². The number of anilines is 3. The third-order valence-corrected chi connectivity index (χ3v) is 3.64. The lowest BCUT2D eigenvalue weighted by atomic mass is 10.3. The first-order valence-electron chi connectivity index (χ1n) is 7.18. The molecule has 1 aromatic heterocycles. The molecule has 0 amide bonds. The first kappa shape index (κ1) is 14.8. The molecule has 20 heavy (non-hydrogen) atoms. The highest BCUT2D eigenvalue weighted by Crippen LogP contribution is 2.21. The zero-order valence-corrected chi connectivity index (χ0v) is 12.8. The molecule has 7 heteroatoms. The number of nitrogens with zero attached hydrogens (tertiary/aromatic N) is 5. The fourth-order valence-electron chi connectivity index (χ4n) is 2.36. The zero-order valence-electron chi connectivity index (χ0n) is 12.8. The van der Waals surface area contributed by atoms with Crippen molar-refractivity contribution >= 4 is 17.8 Å². The van der Waals surface area contributed by atoms with Gasteiger partial charge in [0.25, 0.3) is 0 Å². The Morgan fingerprint density at radius 3 is 2.60 bits per heavy atom. The van der Waals surface area contributed by atoms with Gasteiger partial charge in [0.2, 0.25) is 17.8 Å². The van der Waals surface area contributed by atoms with E-state index in [0.717, 1.165) is 44.5 Å². The topological polar surface area (TPSA) is 66.4 Å². The number of rotatable bonds is 6. The summed E-state index contributed by atoms with van der Waals surface area (Å²) in [5.74, 6) is 2.06. The maximum absolute atomic E-state index is 5.40. The van der Waals surface area contributed by atoms with E-state index in [2.05, 4.69) is 43.9 Å². The molecule has 1 saturated heterocycles. The highest BCUT2D eigenvalue weighted by molar-refractivity contribution is 5.45. The molecule has 1 aliphatic rings. The van der Waals surface area contributed by atoms with Gasteiger partial charge in [0.05, 0.1) is 6.10 Å². The summed E-state index contributed by atoms with van der Waals surface area (Å²) in [5, 5.41) is 3.01. The van der Waals surface area contributed by atoms with E-state index >= 15 is 0 Å². The first-order valence-corrected chi connectivity index (χ1v) is 7.18. The fourth-order valence-corrected chi connectivity index (χ4v) is 2.36.